The van der Waals surface area contributed by atoms with E-state index in [0.29, 0.717) is 5.56 Å². The molecule has 3 heteroatoms. The lowest BCUT2D eigenvalue weighted by Gasteiger charge is -2.07. The Balaban J connectivity index is 2.10. The van der Waals surface area contributed by atoms with Gasteiger partial charge in [0.2, 0.25) is 0 Å². The second-order valence-corrected chi connectivity index (χ2v) is 5.76. The first kappa shape index (κ1) is 13.2. The topological polar surface area (TPSA) is 30.0 Å². The number of benzene rings is 2. The van der Waals surface area contributed by atoms with Crippen LogP contribution >= 0.6 is 22.6 Å². The molecule has 0 atom stereocenters. The van der Waals surface area contributed by atoms with E-state index in [1.165, 1.54) is 0 Å². The number of fused-ring (bicyclic) bond motifs is 1. The zero-order chi connectivity index (χ0) is 14.1. The average Bonchev–Trinajstić information content (AvgIpc) is 2.49. The highest BCUT2D eigenvalue weighted by atomic mass is 127. The van der Waals surface area contributed by atoms with Gasteiger partial charge in [-0.15, -0.1) is 0 Å². The maximum Gasteiger partial charge on any atom is 0.194 e. The molecular formula is C17H12INO. The van der Waals surface area contributed by atoms with Crippen LogP contribution in [0.3, 0.4) is 0 Å². The molecule has 0 amide bonds. The van der Waals surface area contributed by atoms with Crippen molar-refractivity contribution in [2.45, 2.75) is 6.92 Å². The number of rotatable bonds is 2. The summed E-state index contributed by atoms with van der Waals surface area (Å²) in [5.41, 5.74) is 3.40. The zero-order valence-corrected chi connectivity index (χ0v) is 13.1. The summed E-state index contributed by atoms with van der Waals surface area (Å²) in [7, 11) is 0. The van der Waals surface area contributed by atoms with Gasteiger partial charge in [0, 0.05) is 26.3 Å². The van der Waals surface area contributed by atoms with Crippen LogP contribution in [0.4, 0.5) is 0 Å². The number of carbonyl (C=O) groups is 1. The molecule has 2 aromatic carbocycles. The van der Waals surface area contributed by atoms with Crippen molar-refractivity contribution in [2.75, 3.05) is 0 Å². The molecule has 3 rings (SSSR count). The smallest absolute Gasteiger partial charge is 0.194 e. The second kappa shape index (κ2) is 5.32. The lowest BCUT2D eigenvalue weighted by molar-refractivity contribution is 0.103. The highest BCUT2D eigenvalue weighted by molar-refractivity contribution is 14.1. The van der Waals surface area contributed by atoms with Crippen LogP contribution in [0.25, 0.3) is 10.9 Å². The van der Waals surface area contributed by atoms with E-state index in [1.807, 2.05) is 55.5 Å². The second-order valence-electron chi connectivity index (χ2n) is 4.68. The van der Waals surface area contributed by atoms with Crippen molar-refractivity contribution >= 4 is 39.3 Å². The van der Waals surface area contributed by atoms with Crippen molar-refractivity contribution in [3.63, 3.8) is 0 Å². The summed E-state index contributed by atoms with van der Waals surface area (Å²) in [5, 5.41) is 1.04. The molecule has 0 N–H and O–H groups in total. The molecule has 98 valence electrons. The number of pyridine rings is 1. The summed E-state index contributed by atoms with van der Waals surface area (Å²) < 4.78 is 1.01. The van der Waals surface area contributed by atoms with Crippen molar-refractivity contribution in [2.24, 2.45) is 0 Å². The summed E-state index contributed by atoms with van der Waals surface area (Å²) >= 11 is 2.23. The molecule has 0 aliphatic rings. The van der Waals surface area contributed by atoms with Gasteiger partial charge >= 0.3 is 0 Å². The van der Waals surface area contributed by atoms with Gasteiger partial charge in [-0.2, -0.15) is 0 Å². The van der Waals surface area contributed by atoms with Gasteiger partial charge in [-0.1, -0.05) is 30.3 Å². The van der Waals surface area contributed by atoms with Gasteiger partial charge < -0.3 is 0 Å². The Morgan fingerprint density at radius 1 is 1.10 bits per heavy atom. The quantitative estimate of drug-likeness (QED) is 0.493. The van der Waals surface area contributed by atoms with Crippen molar-refractivity contribution in [3.05, 3.63) is 75.0 Å². The molecule has 0 radical (unpaired) electrons. The van der Waals surface area contributed by atoms with Gasteiger partial charge in [-0.3, -0.25) is 9.78 Å². The highest BCUT2D eigenvalue weighted by Gasteiger charge is 2.14. The number of nitrogens with zero attached hydrogens (tertiary/aromatic N) is 1. The van der Waals surface area contributed by atoms with E-state index < -0.39 is 0 Å². The summed E-state index contributed by atoms with van der Waals surface area (Å²) in [6, 6.07) is 15.4. The molecule has 0 saturated heterocycles. The molecule has 3 aromatic rings. The minimum absolute atomic E-state index is 0.0469. The Morgan fingerprint density at radius 2 is 1.95 bits per heavy atom. The number of aryl methyl sites for hydroxylation is 1. The Kier molecular flexibility index (Phi) is 3.53. The molecule has 20 heavy (non-hydrogen) atoms. The minimum atomic E-state index is 0.0469. The van der Waals surface area contributed by atoms with E-state index in [-0.39, 0.29) is 5.78 Å². The first-order chi connectivity index (χ1) is 9.66. The van der Waals surface area contributed by atoms with Gasteiger partial charge in [-0.05, 0) is 53.3 Å². The summed E-state index contributed by atoms with van der Waals surface area (Å²) in [4.78, 5) is 16.9. The average molecular weight is 373 g/mol. The fraction of sp³-hybridized carbons (Fsp3) is 0.0588. The van der Waals surface area contributed by atoms with Crippen molar-refractivity contribution in [3.8, 4) is 0 Å². The van der Waals surface area contributed by atoms with E-state index in [4.69, 9.17) is 0 Å². The SMILES string of the molecule is Cc1cccc(C(=O)c2ccc3cccnc3c2)c1I. The molecule has 0 fully saturated rings. The number of hydrogen-bond acceptors (Lipinski definition) is 2. The first-order valence-corrected chi connectivity index (χ1v) is 7.39. The predicted octanol–water partition coefficient (Wildman–Crippen LogP) is 4.38. The summed E-state index contributed by atoms with van der Waals surface area (Å²) in [5.74, 6) is 0.0469. The molecule has 0 spiro atoms. The standard InChI is InChI=1S/C17H12INO/c1-11-4-2-6-14(16(11)18)17(20)13-8-7-12-5-3-9-19-15(12)10-13/h2-10H,1H3. The van der Waals surface area contributed by atoms with E-state index >= 15 is 0 Å². The highest BCUT2D eigenvalue weighted by Crippen LogP contribution is 2.21. The molecule has 1 aromatic heterocycles. The van der Waals surface area contributed by atoms with Crippen LogP contribution in [0, 0.1) is 10.5 Å². The van der Waals surface area contributed by atoms with E-state index in [9.17, 15) is 4.79 Å². The fourth-order valence-corrected chi connectivity index (χ4v) is 2.79. The maximum absolute atomic E-state index is 12.6. The predicted molar refractivity (Wildman–Crippen MR) is 89.1 cm³/mol. The van der Waals surface area contributed by atoms with Crippen molar-refractivity contribution in [1.82, 2.24) is 4.98 Å². The van der Waals surface area contributed by atoms with Crippen LogP contribution in [-0.4, -0.2) is 10.8 Å². The largest absolute Gasteiger partial charge is 0.289 e. The Labute approximate surface area is 131 Å². The van der Waals surface area contributed by atoms with Crippen LogP contribution in [0.2, 0.25) is 0 Å². The van der Waals surface area contributed by atoms with Gasteiger partial charge in [0.25, 0.3) is 0 Å². The number of hydrogen-bond donors (Lipinski definition) is 0. The lowest BCUT2D eigenvalue weighted by Crippen LogP contribution is -2.04. The number of ketones is 1. The molecular weight excluding hydrogens is 361 g/mol. The number of carbonyl (C=O) groups excluding carboxylic acids is 1. The van der Waals surface area contributed by atoms with Crippen LogP contribution in [0.5, 0.6) is 0 Å². The third kappa shape index (κ3) is 2.33. The summed E-state index contributed by atoms with van der Waals surface area (Å²) in [6.45, 7) is 2.01. The Hall–Kier alpha value is -1.75. The maximum atomic E-state index is 12.6. The third-order valence-electron chi connectivity index (χ3n) is 3.30. The fourth-order valence-electron chi connectivity index (χ4n) is 2.19. The third-order valence-corrected chi connectivity index (χ3v) is 4.74. The van der Waals surface area contributed by atoms with Crippen molar-refractivity contribution < 1.29 is 4.79 Å². The molecule has 0 aliphatic carbocycles. The zero-order valence-electron chi connectivity index (χ0n) is 10.9. The van der Waals surface area contributed by atoms with Crippen LogP contribution in [0.1, 0.15) is 21.5 Å². The number of aromatic nitrogens is 1. The van der Waals surface area contributed by atoms with Crippen LogP contribution in [0.15, 0.2) is 54.7 Å². The lowest BCUT2D eigenvalue weighted by atomic mass is 10.0. The molecule has 1 heterocycles. The van der Waals surface area contributed by atoms with E-state index in [0.717, 1.165) is 25.6 Å². The molecule has 0 saturated carbocycles. The normalized spacial score (nSPS) is 10.7. The van der Waals surface area contributed by atoms with E-state index in [2.05, 4.69) is 27.6 Å². The monoisotopic (exact) mass is 373 g/mol. The van der Waals surface area contributed by atoms with Gasteiger partial charge in [0.15, 0.2) is 5.78 Å². The molecule has 2 nitrogen and oxygen atoms in total. The van der Waals surface area contributed by atoms with Crippen molar-refractivity contribution in [1.29, 1.82) is 0 Å². The van der Waals surface area contributed by atoms with Crippen LogP contribution in [-0.2, 0) is 0 Å². The number of halogens is 1. The molecule has 0 unspecified atom stereocenters. The minimum Gasteiger partial charge on any atom is -0.289 e. The molecule has 0 bridgehead atoms. The Bertz CT molecular complexity index is 811. The summed E-state index contributed by atoms with van der Waals surface area (Å²) in [6.07, 6.45) is 1.74. The Morgan fingerprint density at radius 3 is 2.80 bits per heavy atom. The van der Waals surface area contributed by atoms with E-state index in [1.54, 1.807) is 6.20 Å². The molecule has 0 aliphatic heterocycles. The van der Waals surface area contributed by atoms with Gasteiger partial charge in [0.05, 0.1) is 5.52 Å². The van der Waals surface area contributed by atoms with Gasteiger partial charge in [-0.25, -0.2) is 0 Å². The van der Waals surface area contributed by atoms with Gasteiger partial charge in [0.1, 0.15) is 0 Å². The first-order valence-electron chi connectivity index (χ1n) is 6.31. The van der Waals surface area contributed by atoms with Crippen LogP contribution < -0.4 is 0 Å².